The minimum absolute atomic E-state index is 0.0306. The number of hydrogen-bond acceptors (Lipinski definition) is 6. The highest BCUT2D eigenvalue weighted by atomic mass is 32.1. The first-order chi connectivity index (χ1) is 15.1. The molecule has 8 heteroatoms. The molecule has 4 rings (SSSR count). The van der Waals surface area contributed by atoms with Crippen molar-refractivity contribution in [2.75, 3.05) is 38.5 Å². The van der Waals surface area contributed by atoms with Crippen molar-refractivity contribution in [1.29, 1.82) is 5.41 Å². The van der Waals surface area contributed by atoms with Crippen LogP contribution in [0.3, 0.4) is 0 Å². The van der Waals surface area contributed by atoms with Crippen LogP contribution in [0.5, 0.6) is 0 Å². The number of piperazine rings is 1. The molecule has 2 N–H and O–H groups in total. The van der Waals surface area contributed by atoms with Crippen LogP contribution < -0.4 is 5.32 Å². The summed E-state index contributed by atoms with van der Waals surface area (Å²) in [5.74, 6) is -0.0306. The number of amides is 2. The highest BCUT2D eigenvalue weighted by Crippen LogP contribution is 2.34. The zero-order chi connectivity index (χ0) is 21.8. The molecule has 0 saturated carbocycles. The predicted molar refractivity (Wildman–Crippen MR) is 123 cm³/mol. The molecular formula is C23H24N4O3S. The number of nitrogens with one attached hydrogen (secondary N) is 2. The lowest BCUT2D eigenvalue weighted by Crippen LogP contribution is -2.50. The first kappa shape index (κ1) is 20.9. The van der Waals surface area contributed by atoms with Crippen LogP contribution in [-0.4, -0.2) is 61.2 Å². The van der Waals surface area contributed by atoms with Crippen LogP contribution in [0.4, 0.5) is 10.5 Å². The molecule has 1 aliphatic heterocycles. The second-order valence-corrected chi connectivity index (χ2v) is 8.35. The Hall–Kier alpha value is -3.39. The molecule has 2 aromatic carbocycles. The van der Waals surface area contributed by atoms with Crippen LogP contribution >= 0.6 is 11.3 Å². The van der Waals surface area contributed by atoms with Gasteiger partial charge in [0.05, 0.1) is 10.6 Å². The van der Waals surface area contributed by atoms with Crippen molar-refractivity contribution in [3.8, 4) is 0 Å². The maximum absolute atomic E-state index is 13.0. The lowest BCUT2D eigenvalue weighted by atomic mass is 10.1. The van der Waals surface area contributed by atoms with E-state index in [1.807, 2.05) is 55.6 Å². The van der Waals surface area contributed by atoms with Crippen molar-refractivity contribution >= 4 is 45.3 Å². The Morgan fingerprint density at radius 3 is 2.48 bits per heavy atom. The SMILES string of the molecule is CNc1c(C=N)ccc2sc(C(=O)N3CCN(C(=O)OCc4ccccc4)CC3)cc12. The van der Waals surface area contributed by atoms with Gasteiger partial charge in [0.15, 0.2) is 0 Å². The number of fused-ring (bicyclic) bond motifs is 1. The zero-order valence-electron chi connectivity index (χ0n) is 17.3. The normalized spacial score (nSPS) is 13.8. The van der Waals surface area contributed by atoms with Crippen molar-refractivity contribution in [2.45, 2.75) is 6.61 Å². The van der Waals surface area contributed by atoms with Crippen LogP contribution in [0.2, 0.25) is 0 Å². The summed E-state index contributed by atoms with van der Waals surface area (Å²) < 4.78 is 6.40. The molecule has 0 spiro atoms. The van der Waals surface area contributed by atoms with E-state index in [4.69, 9.17) is 10.1 Å². The summed E-state index contributed by atoms with van der Waals surface area (Å²) in [7, 11) is 1.82. The predicted octanol–water partition coefficient (Wildman–Crippen LogP) is 4.04. The quantitative estimate of drug-likeness (QED) is 0.591. The molecule has 1 fully saturated rings. The number of carbonyl (C=O) groups is 2. The van der Waals surface area contributed by atoms with E-state index in [1.165, 1.54) is 17.6 Å². The number of rotatable bonds is 5. The van der Waals surface area contributed by atoms with Crippen molar-refractivity contribution in [3.05, 3.63) is 64.5 Å². The van der Waals surface area contributed by atoms with Gasteiger partial charge >= 0.3 is 6.09 Å². The van der Waals surface area contributed by atoms with Gasteiger partial charge < -0.3 is 25.3 Å². The molecule has 0 radical (unpaired) electrons. The zero-order valence-corrected chi connectivity index (χ0v) is 18.1. The van der Waals surface area contributed by atoms with Crippen molar-refractivity contribution in [1.82, 2.24) is 9.80 Å². The van der Waals surface area contributed by atoms with Gasteiger partial charge in [0.2, 0.25) is 0 Å². The second-order valence-electron chi connectivity index (χ2n) is 7.27. The lowest BCUT2D eigenvalue weighted by Gasteiger charge is -2.33. The summed E-state index contributed by atoms with van der Waals surface area (Å²) in [6.45, 7) is 2.08. The van der Waals surface area contributed by atoms with E-state index in [0.29, 0.717) is 31.1 Å². The number of thiophene rings is 1. The topological polar surface area (TPSA) is 85.7 Å². The summed E-state index contributed by atoms with van der Waals surface area (Å²) in [6.07, 6.45) is 0.955. The Morgan fingerprint density at radius 1 is 1.10 bits per heavy atom. The molecule has 0 aliphatic carbocycles. The highest BCUT2D eigenvalue weighted by molar-refractivity contribution is 7.20. The summed E-state index contributed by atoms with van der Waals surface area (Å²) in [6, 6.07) is 15.3. The second kappa shape index (κ2) is 9.18. The first-order valence-electron chi connectivity index (χ1n) is 10.1. The number of benzene rings is 2. The molecule has 2 heterocycles. The molecule has 3 aromatic rings. The van der Waals surface area contributed by atoms with Crippen LogP contribution in [0.25, 0.3) is 10.1 Å². The maximum Gasteiger partial charge on any atom is 0.410 e. The molecule has 7 nitrogen and oxygen atoms in total. The third-order valence-electron chi connectivity index (χ3n) is 5.38. The van der Waals surface area contributed by atoms with E-state index in [0.717, 1.165) is 26.9 Å². The van der Waals surface area contributed by atoms with E-state index < -0.39 is 0 Å². The minimum Gasteiger partial charge on any atom is -0.445 e. The Labute approximate surface area is 184 Å². The Kier molecular flexibility index (Phi) is 6.18. The van der Waals surface area contributed by atoms with Gasteiger partial charge in [-0.05, 0) is 23.8 Å². The van der Waals surface area contributed by atoms with Crippen LogP contribution in [-0.2, 0) is 11.3 Å². The first-order valence-corrected chi connectivity index (χ1v) is 10.9. The molecule has 31 heavy (non-hydrogen) atoms. The molecule has 1 aliphatic rings. The summed E-state index contributed by atoms with van der Waals surface area (Å²) >= 11 is 1.45. The van der Waals surface area contributed by atoms with Crippen LogP contribution in [0, 0.1) is 5.41 Å². The molecule has 1 aromatic heterocycles. The average molecular weight is 437 g/mol. The fourth-order valence-electron chi connectivity index (χ4n) is 3.69. The van der Waals surface area contributed by atoms with Crippen LogP contribution in [0.15, 0.2) is 48.5 Å². The molecule has 160 valence electrons. The van der Waals surface area contributed by atoms with E-state index in [-0.39, 0.29) is 18.6 Å². The summed E-state index contributed by atoms with van der Waals surface area (Å²) in [5.41, 5.74) is 2.59. The third-order valence-corrected chi connectivity index (χ3v) is 6.47. The monoisotopic (exact) mass is 436 g/mol. The molecule has 0 atom stereocenters. The van der Waals surface area contributed by atoms with Crippen molar-refractivity contribution < 1.29 is 14.3 Å². The van der Waals surface area contributed by atoms with Gasteiger partial charge in [0.1, 0.15) is 6.61 Å². The lowest BCUT2D eigenvalue weighted by molar-refractivity contribution is 0.0547. The van der Waals surface area contributed by atoms with Gasteiger partial charge in [-0.25, -0.2) is 4.79 Å². The molecule has 0 unspecified atom stereocenters. The smallest absolute Gasteiger partial charge is 0.410 e. The van der Waals surface area contributed by atoms with Gasteiger partial charge in [-0.1, -0.05) is 30.3 Å². The molecule has 2 amide bonds. The van der Waals surface area contributed by atoms with Gasteiger partial charge in [-0.3, -0.25) is 4.79 Å². The van der Waals surface area contributed by atoms with Gasteiger partial charge in [-0.2, -0.15) is 0 Å². The average Bonchev–Trinajstić information content (AvgIpc) is 3.26. The minimum atomic E-state index is -0.351. The number of carbonyl (C=O) groups excluding carboxylic acids is 2. The standard InChI is InChI=1S/C23H24N4O3S/c1-25-21-17(14-24)7-8-19-18(21)13-20(31-19)22(28)26-9-11-27(12-10-26)23(29)30-15-16-5-3-2-4-6-16/h2-8,13-14,24-25H,9-12,15H2,1H3. The fraction of sp³-hybridized carbons (Fsp3) is 0.261. The Morgan fingerprint density at radius 2 is 1.81 bits per heavy atom. The number of ether oxygens (including phenoxy) is 1. The van der Waals surface area contributed by atoms with E-state index in [2.05, 4.69) is 5.32 Å². The van der Waals surface area contributed by atoms with E-state index >= 15 is 0 Å². The van der Waals surface area contributed by atoms with E-state index in [1.54, 1.807) is 9.80 Å². The van der Waals surface area contributed by atoms with Gasteiger partial charge in [0, 0.05) is 55.1 Å². The molecular weight excluding hydrogens is 412 g/mol. The van der Waals surface area contributed by atoms with Crippen molar-refractivity contribution in [2.24, 2.45) is 0 Å². The molecule has 1 saturated heterocycles. The van der Waals surface area contributed by atoms with Crippen molar-refractivity contribution in [3.63, 3.8) is 0 Å². The largest absolute Gasteiger partial charge is 0.445 e. The Bertz CT molecular complexity index is 1100. The number of nitrogens with zero attached hydrogens (tertiary/aromatic N) is 2. The van der Waals surface area contributed by atoms with Gasteiger partial charge in [-0.15, -0.1) is 11.3 Å². The summed E-state index contributed by atoms with van der Waals surface area (Å²) in [5, 5.41) is 11.6. The van der Waals surface area contributed by atoms with Crippen LogP contribution in [0.1, 0.15) is 20.8 Å². The summed E-state index contributed by atoms with van der Waals surface area (Å²) in [4.78, 5) is 29.5. The maximum atomic E-state index is 13.0. The highest BCUT2D eigenvalue weighted by Gasteiger charge is 2.27. The fourth-order valence-corrected chi connectivity index (χ4v) is 4.73. The third kappa shape index (κ3) is 4.39. The Balaban J connectivity index is 1.38. The van der Waals surface area contributed by atoms with Gasteiger partial charge in [0.25, 0.3) is 5.91 Å². The number of anilines is 1. The number of hydrogen-bond donors (Lipinski definition) is 2. The molecule has 0 bridgehead atoms. The van der Waals surface area contributed by atoms with E-state index in [9.17, 15) is 9.59 Å².